The molecule has 3 N–H and O–H groups in total. The van der Waals surface area contributed by atoms with Gasteiger partial charge in [-0.25, -0.2) is 24.3 Å². The number of pyridine rings is 1. The minimum atomic E-state index is -1.02. The number of amides is 4. The van der Waals surface area contributed by atoms with Crippen molar-refractivity contribution in [3.05, 3.63) is 83.6 Å². The Labute approximate surface area is 216 Å². The summed E-state index contributed by atoms with van der Waals surface area (Å²) in [4.78, 5) is 43.1. The fraction of sp³-hybridized carbons (Fsp3) is 0.222. The van der Waals surface area contributed by atoms with Crippen molar-refractivity contribution in [2.24, 2.45) is 4.99 Å². The Morgan fingerprint density at radius 1 is 1.03 bits per heavy atom. The second kappa shape index (κ2) is 14.0. The summed E-state index contributed by atoms with van der Waals surface area (Å²) in [5.74, 6) is -0.0900. The van der Waals surface area contributed by atoms with Gasteiger partial charge in [-0.15, -0.1) is 0 Å². The summed E-state index contributed by atoms with van der Waals surface area (Å²) in [5, 5.41) is 13.9. The van der Waals surface area contributed by atoms with Crippen molar-refractivity contribution in [3.63, 3.8) is 0 Å². The van der Waals surface area contributed by atoms with Gasteiger partial charge in [0.2, 0.25) is 5.88 Å². The third-order valence-corrected chi connectivity index (χ3v) is 4.96. The van der Waals surface area contributed by atoms with Crippen LogP contribution in [0.25, 0.3) is 0 Å². The number of carboxylic acid groups (broad SMARTS) is 1. The van der Waals surface area contributed by atoms with Crippen molar-refractivity contribution in [2.45, 2.75) is 33.4 Å². The second-order valence-corrected chi connectivity index (χ2v) is 8.11. The van der Waals surface area contributed by atoms with Gasteiger partial charge in [0, 0.05) is 31.9 Å². The van der Waals surface area contributed by atoms with Crippen LogP contribution in [0.1, 0.15) is 35.3 Å². The summed E-state index contributed by atoms with van der Waals surface area (Å²) in [6, 6.07) is 16.8. The molecule has 0 atom stereocenters. The summed E-state index contributed by atoms with van der Waals surface area (Å²) in [6.07, 6.45) is 1.25. The Morgan fingerprint density at radius 3 is 2.16 bits per heavy atom. The molecule has 0 aliphatic rings. The number of ether oxygens (including phenoxy) is 1. The lowest BCUT2D eigenvalue weighted by Gasteiger charge is -2.24. The molecule has 1 aromatic heterocycles. The largest absolute Gasteiger partial charge is 0.478 e. The van der Waals surface area contributed by atoms with E-state index in [9.17, 15) is 14.4 Å². The van der Waals surface area contributed by atoms with E-state index >= 15 is 0 Å². The first-order valence-electron chi connectivity index (χ1n) is 11.4. The van der Waals surface area contributed by atoms with E-state index in [1.165, 1.54) is 30.9 Å². The summed E-state index contributed by atoms with van der Waals surface area (Å²) >= 11 is 0. The molecule has 0 unspecified atom stereocenters. The highest BCUT2D eigenvalue weighted by Crippen LogP contribution is 2.22. The molecule has 0 bridgehead atoms. The van der Waals surface area contributed by atoms with Crippen LogP contribution in [0.4, 0.5) is 15.3 Å². The molecule has 3 aromatic rings. The maximum absolute atomic E-state index is 12.0. The molecule has 0 aliphatic carbocycles. The van der Waals surface area contributed by atoms with Gasteiger partial charge in [-0.1, -0.05) is 29.8 Å². The number of aromatic nitrogens is 1. The maximum Gasteiger partial charge on any atom is 0.337 e. The van der Waals surface area contributed by atoms with E-state index in [1.807, 2.05) is 31.2 Å². The molecule has 10 nitrogen and oxygen atoms in total. The average Bonchev–Trinajstić information content (AvgIpc) is 2.89. The number of aliphatic imine (C=N–C) groups is 1. The van der Waals surface area contributed by atoms with E-state index in [1.54, 1.807) is 38.1 Å². The number of nitrogens with one attached hydrogen (secondary N) is 2. The topological polar surface area (TPSA) is 133 Å². The fourth-order valence-corrected chi connectivity index (χ4v) is 2.96. The van der Waals surface area contributed by atoms with Crippen molar-refractivity contribution in [1.82, 2.24) is 20.5 Å². The number of nitrogens with zero attached hydrogens (tertiary/aromatic N) is 3. The van der Waals surface area contributed by atoms with Crippen LogP contribution in [0, 0.1) is 6.92 Å². The van der Waals surface area contributed by atoms with Crippen LogP contribution in [0.2, 0.25) is 0 Å². The Hall–Kier alpha value is -4.73. The molecule has 4 amide bonds. The van der Waals surface area contributed by atoms with Gasteiger partial charge in [-0.05, 0) is 63.4 Å². The molecule has 10 heteroatoms. The maximum atomic E-state index is 12.0. The SMILES string of the molecule is C=Nc1ccc(Oc2ccc(C(=O)O)cn2)cc1.CNC(=O)N(C(=O)NCc1ccc(C)cc1)C(C)C. The molecule has 37 heavy (non-hydrogen) atoms. The van der Waals surface area contributed by atoms with E-state index < -0.39 is 18.0 Å². The van der Waals surface area contributed by atoms with Crippen LogP contribution in [-0.2, 0) is 6.54 Å². The van der Waals surface area contributed by atoms with Crippen molar-refractivity contribution in [1.29, 1.82) is 0 Å². The van der Waals surface area contributed by atoms with Crippen molar-refractivity contribution >= 4 is 30.4 Å². The standard InChI is InChI=1S/C14H21N3O2.C13H10N2O3/c1-10(2)17(13(18)15-4)14(19)16-9-12-7-5-11(3)6-8-12;1-14-10-3-5-11(6-4-10)18-12-7-2-9(8-15-12)13(16)17/h5-8,10H,9H2,1-4H3,(H,15,18)(H,16,19);2-8H,1H2,(H,16,17). The predicted octanol–water partition coefficient (Wildman–Crippen LogP) is 5.16. The minimum Gasteiger partial charge on any atom is -0.478 e. The van der Waals surface area contributed by atoms with Gasteiger partial charge < -0.3 is 20.5 Å². The average molecular weight is 506 g/mol. The number of hydrogen-bond acceptors (Lipinski definition) is 6. The first-order chi connectivity index (χ1) is 17.6. The normalized spacial score (nSPS) is 9.97. The Kier molecular flexibility index (Phi) is 10.8. The second-order valence-electron chi connectivity index (χ2n) is 8.11. The minimum absolute atomic E-state index is 0.119. The summed E-state index contributed by atoms with van der Waals surface area (Å²) < 4.78 is 5.45. The number of carboxylic acids is 1. The molecule has 0 saturated heterocycles. The number of aryl methyl sites for hydroxylation is 1. The number of imide groups is 1. The molecule has 0 radical (unpaired) electrons. The van der Waals surface area contributed by atoms with Crippen LogP contribution < -0.4 is 15.4 Å². The predicted molar refractivity (Wildman–Crippen MR) is 142 cm³/mol. The van der Waals surface area contributed by atoms with E-state index in [0.29, 0.717) is 18.2 Å². The fourth-order valence-electron chi connectivity index (χ4n) is 2.96. The monoisotopic (exact) mass is 505 g/mol. The zero-order valence-electron chi connectivity index (χ0n) is 21.3. The molecule has 0 aliphatic heterocycles. The zero-order valence-corrected chi connectivity index (χ0v) is 21.3. The van der Waals surface area contributed by atoms with E-state index in [0.717, 1.165) is 16.2 Å². The Balaban J connectivity index is 0.000000260. The molecular formula is C27H31N5O5. The Bertz CT molecular complexity index is 1190. The first-order valence-corrected chi connectivity index (χ1v) is 11.4. The Morgan fingerprint density at radius 2 is 1.68 bits per heavy atom. The highest BCUT2D eigenvalue weighted by Gasteiger charge is 2.22. The molecule has 0 fully saturated rings. The van der Waals surface area contributed by atoms with Crippen LogP contribution in [-0.4, -0.2) is 52.8 Å². The number of hydrogen-bond donors (Lipinski definition) is 3. The number of carbonyl (C=O) groups excluding carboxylic acids is 2. The lowest BCUT2D eigenvalue weighted by atomic mass is 10.1. The van der Waals surface area contributed by atoms with Crippen LogP contribution in [0.3, 0.4) is 0 Å². The van der Waals surface area contributed by atoms with Gasteiger partial charge in [0.25, 0.3) is 0 Å². The highest BCUT2D eigenvalue weighted by molar-refractivity contribution is 5.93. The van der Waals surface area contributed by atoms with Crippen LogP contribution in [0.15, 0.2) is 71.9 Å². The quantitative estimate of drug-likeness (QED) is 0.380. The first kappa shape index (κ1) is 28.5. The van der Waals surface area contributed by atoms with Gasteiger partial charge in [0.05, 0.1) is 11.3 Å². The summed E-state index contributed by atoms with van der Waals surface area (Å²) in [6.45, 7) is 9.41. The number of benzene rings is 2. The van der Waals surface area contributed by atoms with Crippen LogP contribution >= 0.6 is 0 Å². The molecular weight excluding hydrogens is 474 g/mol. The van der Waals surface area contributed by atoms with E-state index in [4.69, 9.17) is 9.84 Å². The molecule has 3 rings (SSSR count). The van der Waals surface area contributed by atoms with E-state index in [-0.39, 0.29) is 11.6 Å². The van der Waals surface area contributed by atoms with Gasteiger partial charge in [-0.2, -0.15) is 0 Å². The zero-order chi connectivity index (χ0) is 27.4. The molecule has 2 aromatic carbocycles. The number of carbonyl (C=O) groups is 3. The number of rotatable bonds is 7. The third kappa shape index (κ3) is 9.10. The summed E-state index contributed by atoms with van der Waals surface area (Å²) in [5.41, 5.74) is 3.04. The van der Waals surface area contributed by atoms with E-state index in [2.05, 4.69) is 27.3 Å². The van der Waals surface area contributed by atoms with Crippen molar-refractivity contribution in [2.75, 3.05) is 7.05 Å². The van der Waals surface area contributed by atoms with Crippen molar-refractivity contribution in [3.8, 4) is 11.6 Å². The van der Waals surface area contributed by atoms with Gasteiger partial charge in [-0.3, -0.25) is 4.99 Å². The van der Waals surface area contributed by atoms with Crippen molar-refractivity contribution < 1.29 is 24.2 Å². The van der Waals surface area contributed by atoms with Gasteiger partial charge in [0.1, 0.15) is 5.75 Å². The molecule has 194 valence electrons. The number of urea groups is 2. The molecule has 0 spiro atoms. The lowest BCUT2D eigenvalue weighted by molar-refractivity contribution is 0.0696. The van der Waals surface area contributed by atoms with Gasteiger partial charge >= 0.3 is 18.0 Å². The smallest absolute Gasteiger partial charge is 0.337 e. The third-order valence-electron chi connectivity index (χ3n) is 4.96. The molecule has 1 heterocycles. The molecule has 0 saturated carbocycles. The highest BCUT2D eigenvalue weighted by atomic mass is 16.5. The lowest BCUT2D eigenvalue weighted by Crippen LogP contribution is -2.50. The van der Waals surface area contributed by atoms with Crippen LogP contribution in [0.5, 0.6) is 11.6 Å². The van der Waals surface area contributed by atoms with Gasteiger partial charge in [0.15, 0.2) is 0 Å². The summed E-state index contributed by atoms with van der Waals surface area (Å²) in [7, 11) is 1.50. The number of aromatic carboxylic acids is 1.